The van der Waals surface area contributed by atoms with Gasteiger partial charge in [0.1, 0.15) is 0 Å². The molecule has 0 aromatic heterocycles. The lowest BCUT2D eigenvalue weighted by atomic mass is 10.2. The molecular weight excluding hydrogens is 388 g/mol. The Bertz CT molecular complexity index is 935. The van der Waals surface area contributed by atoms with Gasteiger partial charge in [0.2, 0.25) is 10.0 Å². The van der Waals surface area contributed by atoms with Crippen molar-refractivity contribution in [2.75, 3.05) is 60.5 Å². The Hall–Kier alpha value is -2.58. The van der Waals surface area contributed by atoms with E-state index >= 15 is 0 Å². The number of carbonyl (C=O) groups is 1. The van der Waals surface area contributed by atoms with Gasteiger partial charge in [0.05, 0.1) is 11.4 Å². The quantitative estimate of drug-likeness (QED) is 0.783. The summed E-state index contributed by atoms with van der Waals surface area (Å²) in [5.74, 6) is -0.208. The van der Waals surface area contributed by atoms with E-state index in [-0.39, 0.29) is 11.7 Å². The number of anilines is 3. The Morgan fingerprint density at radius 2 is 1.59 bits per heavy atom. The Labute approximate surface area is 173 Å². The highest BCUT2D eigenvalue weighted by Gasteiger charge is 2.17. The van der Waals surface area contributed by atoms with Crippen LogP contribution in [-0.2, 0) is 10.0 Å². The maximum Gasteiger partial charge on any atom is 0.255 e. The molecule has 1 amide bonds. The number of carbonyl (C=O) groups excluding carboxylic acids is 1. The fourth-order valence-corrected chi connectivity index (χ4v) is 4.03. The third-order valence-electron chi connectivity index (χ3n) is 5.27. The highest BCUT2D eigenvalue weighted by Crippen LogP contribution is 2.21. The third-order valence-corrected chi connectivity index (χ3v) is 7.04. The molecular formula is C21H28N4O3S. The van der Waals surface area contributed by atoms with Crippen LogP contribution < -0.4 is 14.5 Å². The average Bonchev–Trinajstić information content (AvgIpc) is 2.74. The van der Waals surface area contributed by atoms with E-state index in [4.69, 9.17) is 0 Å². The summed E-state index contributed by atoms with van der Waals surface area (Å²) < 4.78 is 25.1. The molecule has 2 aromatic rings. The van der Waals surface area contributed by atoms with E-state index in [0.717, 1.165) is 37.6 Å². The van der Waals surface area contributed by atoms with E-state index in [2.05, 4.69) is 22.2 Å². The van der Waals surface area contributed by atoms with E-state index in [1.165, 1.54) is 11.4 Å². The van der Waals surface area contributed by atoms with E-state index < -0.39 is 10.0 Å². The molecule has 1 aliphatic rings. The number of hydrogen-bond acceptors (Lipinski definition) is 5. The summed E-state index contributed by atoms with van der Waals surface area (Å²) in [6.45, 7) is 5.68. The van der Waals surface area contributed by atoms with Crippen LogP contribution in [0.2, 0.25) is 0 Å². The Morgan fingerprint density at radius 1 is 1.00 bits per heavy atom. The topological polar surface area (TPSA) is 73.0 Å². The molecule has 1 heterocycles. The molecule has 7 nitrogen and oxygen atoms in total. The molecule has 0 radical (unpaired) electrons. The fraction of sp³-hybridized carbons (Fsp3) is 0.381. The summed E-state index contributed by atoms with van der Waals surface area (Å²) in [5.41, 5.74) is 2.88. The zero-order valence-corrected chi connectivity index (χ0v) is 17.9. The summed E-state index contributed by atoms with van der Waals surface area (Å²) >= 11 is 0. The van der Waals surface area contributed by atoms with E-state index in [1.807, 2.05) is 24.3 Å². The van der Waals surface area contributed by atoms with E-state index in [9.17, 15) is 13.2 Å². The standard InChI is InChI=1S/C21H28N4O3S/c1-4-29(27,28)24(3)19-9-5-17(6-10-19)21(26)22-18-7-11-20(12-8-18)25-15-13-23(2)14-16-25/h5-12H,4,13-16H2,1-3H3,(H,22,26). The lowest BCUT2D eigenvalue weighted by Crippen LogP contribution is -2.44. The maximum absolute atomic E-state index is 12.5. The number of amides is 1. The van der Waals surface area contributed by atoms with Crippen molar-refractivity contribution < 1.29 is 13.2 Å². The minimum Gasteiger partial charge on any atom is -0.369 e. The molecule has 2 aromatic carbocycles. The van der Waals surface area contributed by atoms with Crippen LogP contribution >= 0.6 is 0 Å². The molecule has 0 spiro atoms. The normalized spacial score (nSPS) is 15.2. The lowest BCUT2D eigenvalue weighted by molar-refractivity contribution is 0.102. The predicted octanol–water partition coefficient (Wildman–Crippen LogP) is 2.48. The van der Waals surface area contributed by atoms with Gasteiger partial charge in [-0.1, -0.05) is 0 Å². The molecule has 1 aliphatic heterocycles. The second-order valence-electron chi connectivity index (χ2n) is 7.21. The molecule has 1 N–H and O–H groups in total. The van der Waals surface area contributed by atoms with Gasteiger partial charge in [0, 0.05) is 50.2 Å². The van der Waals surface area contributed by atoms with Gasteiger partial charge in [-0.15, -0.1) is 0 Å². The summed E-state index contributed by atoms with van der Waals surface area (Å²) in [5, 5.41) is 2.89. The SMILES string of the molecule is CCS(=O)(=O)N(C)c1ccc(C(=O)Nc2ccc(N3CCN(C)CC3)cc2)cc1. The number of likely N-dealkylation sites (N-methyl/N-ethyl adjacent to an activating group) is 1. The number of piperazine rings is 1. The van der Waals surface area contributed by atoms with Crippen molar-refractivity contribution in [3.05, 3.63) is 54.1 Å². The van der Waals surface area contributed by atoms with Crippen molar-refractivity contribution in [3.8, 4) is 0 Å². The zero-order chi connectivity index (χ0) is 21.0. The second kappa shape index (κ2) is 8.84. The van der Waals surface area contributed by atoms with E-state index in [1.54, 1.807) is 31.2 Å². The van der Waals surface area contributed by atoms with Gasteiger partial charge in [-0.25, -0.2) is 8.42 Å². The third kappa shape index (κ3) is 5.07. The largest absolute Gasteiger partial charge is 0.369 e. The number of sulfonamides is 1. The molecule has 1 fully saturated rings. The predicted molar refractivity (Wildman–Crippen MR) is 118 cm³/mol. The van der Waals surface area contributed by atoms with Gasteiger partial charge < -0.3 is 15.1 Å². The van der Waals surface area contributed by atoms with Crippen molar-refractivity contribution in [2.45, 2.75) is 6.92 Å². The molecule has 156 valence electrons. The summed E-state index contributed by atoms with van der Waals surface area (Å²) in [6.07, 6.45) is 0. The van der Waals surface area contributed by atoms with Crippen molar-refractivity contribution in [1.29, 1.82) is 0 Å². The van der Waals surface area contributed by atoms with Crippen molar-refractivity contribution >= 4 is 33.0 Å². The van der Waals surface area contributed by atoms with Crippen LogP contribution in [0, 0.1) is 0 Å². The molecule has 0 aliphatic carbocycles. The first-order valence-corrected chi connectivity index (χ1v) is 11.3. The van der Waals surface area contributed by atoms with Crippen molar-refractivity contribution in [1.82, 2.24) is 4.90 Å². The highest BCUT2D eigenvalue weighted by atomic mass is 32.2. The molecule has 0 unspecified atom stereocenters. The molecule has 3 rings (SSSR count). The van der Waals surface area contributed by atoms with Gasteiger partial charge in [-0.05, 0) is 62.5 Å². The Balaban J connectivity index is 1.63. The average molecular weight is 417 g/mol. The maximum atomic E-state index is 12.5. The highest BCUT2D eigenvalue weighted by molar-refractivity contribution is 7.92. The van der Waals surface area contributed by atoms with Gasteiger partial charge in [-0.2, -0.15) is 0 Å². The number of hydrogen-bond donors (Lipinski definition) is 1. The van der Waals surface area contributed by atoms with Crippen LogP contribution in [0.15, 0.2) is 48.5 Å². The minimum absolute atomic E-state index is 0.0237. The number of rotatable bonds is 6. The van der Waals surface area contributed by atoms with Gasteiger partial charge in [-0.3, -0.25) is 9.10 Å². The minimum atomic E-state index is -3.32. The molecule has 8 heteroatoms. The summed E-state index contributed by atoms with van der Waals surface area (Å²) in [4.78, 5) is 17.2. The van der Waals surface area contributed by atoms with Crippen LogP contribution in [0.1, 0.15) is 17.3 Å². The van der Waals surface area contributed by atoms with Gasteiger partial charge in [0.25, 0.3) is 5.91 Å². The first kappa shape index (κ1) is 21.1. The van der Waals surface area contributed by atoms with Crippen molar-refractivity contribution in [3.63, 3.8) is 0 Å². The number of nitrogens with zero attached hydrogens (tertiary/aromatic N) is 3. The molecule has 1 saturated heterocycles. The number of nitrogens with one attached hydrogen (secondary N) is 1. The van der Waals surface area contributed by atoms with Gasteiger partial charge in [0.15, 0.2) is 0 Å². The van der Waals surface area contributed by atoms with Crippen molar-refractivity contribution in [2.24, 2.45) is 0 Å². The monoisotopic (exact) mass is 416 g/mol. The molecule has 0 saturated carbocycles. The summed E-state index contributed by atoms with van der Waals surface area (Å²) in [6, 6.07) is 14.4. The first-order valence-electron chi connectivity index (χ1n) is 9.72. The Morgan fingerprint density at radius 3 is 2.14 bits per heavy atom. The van der Waals surface area contributed by atoms with Crippen LogP contribution in [0.4, 0.5) is 17.1 Å². The molecule has 0 atom stereocenters. The first-order chi connectivity index (χ1) is 13.8. The summed E-state index contributed by atoms with van der Waals surface area (Å²) in [7, 11) is 0.315. The van der Waals surface area contributed by atoms with Gasteiger partial charge >= 0.3 is 0 Å². The van der Waals surface area contributed by atoms with Crippen LogP contribution in [0.3, 0.4) is 0 Å². The van der Waals surface area contributed by atoms with Crippen LogP contribution in [0.5, 0.6) is 0 Å². The lowest BCUT2D eigenvalue weighted by Gasteiger charge is -2.34. The Kier molecular flexibility index (Phi) is 6.44. The zero-order valence-electron chi connectivity index (χ0n) is 17.1. The second-order valence-corrected chi connectivity index (χ2v) is 9.50. The molecule has 29 heavy (non-hydrogen) atoms. The number of benzene rings is 2. The smallest absolute Gasteiger partial charge is 0.255 e. The molecule has 0 bridgehead atoms. The van der Waals surface area contributed by atoms with Crippen LogP contribution in [-0.4, -0.2) is 65.3 Å². The van der Waals surface area contributed by atoms with Crippen LogP contribution in [0.25, 0.3) is 0 Å². The fourth-order valence-electron chi connectivity index (χ4n) is 3.20. The van der Waals surface area contributed by atoms with E-state index in [0.29, 0.717) is 11.3 Å².